The molecule has 0 N–H and O–H groups in total. The van der Waals surface area contributed by atoms with Crippen LogP contribution in [0.25, 0.3) is 0 Å². The average molecular weight is 490 g/mol. The molecule has 1 saturated carbocycles. The van der Waals surface area contributed by atoms with E-state index in [0.717, 1.165) is 23.8 Å². The van der Waals surface area contributed by atoms with Crippen LogP contribution in [0, 0.1) is 5.82 Å². The highest BCUT2D eigenvalue weighted by Crippen LogP contribution is 2.44. The number of halogens is 4. The lowest BCUT2D eigenvalue weighted by molar-refractivity contribution is -0.144. The summed E-state index contributed by atoms with van der Waals surface area (Å²) in [7, 11) is 1.33. The lowest BCUT2D eigenvalue weighted by atomic mass is 9.75. The van der Waals surface area contributed by atoms with Crippen molar-refractivity contribution in [2.24, 2.45) is 0 Å². The third-order valence-corrected chi connectivity index (χ3v) is 7.04. The molecule has 2 aromatic carbocycles. The van der Waals surface area contributed by atoms with Gasteiger partial charge in [-0.1, -0.05) is 49.2 Å². The second kappa shape index (κ2) is 9.43. The first-order valence-corrected chi connectivity index (χ1v) is 11.5. The largest absolute Gasteiger partial charge is 0.416 e. The first kappa shape index (κ1) is 24.9. The van der Waals surface area contributed by atoms with Crippen molar-refractivity contribution in [2.45, 2.75) is 62.7 Å². The van der Waals surface area contributed by atoms with Crippen molar-refractivity contribution >= 4 is 17.7 Å². The maximum atomic E-state index is 14.9. The number of amides is 3. The molecule has 4 rings (SSSR count). The molecule has 1 atom stereocenters. The zero-order valence-corrected chi connectivity index (χ0v) is 19.3. The van der Waals surface area contributed by atoms with E-state index >= 15 is 0 Å². The van der Waals surface area contributed by atoms with Gasteiger partial charge in [-0.25, -0.2) is 4.39 Å². The van der Waals surface area contributed by atoms with Gasteiger partial charge in [0.15, 0.2) is 0 Å². The van der Waals surface area contributed by atoms with E-state index in [4.69, 9.17) is 0 Å². The number of nitrogens with zero attached hydrogens (tertiary/aromatic N) is 2. The van der Waals surface area contributed by atoms with Crippen molar-refractivity contribution in [3.63, 3.8) is 0 Å². The fraction of sp³-hybridized carbons (Fsp3) is 0.423. The number of carbonyl (C=O) groups is 3. The van der Waals surface area contributed by atoms with E-state index in [1.54, 1.807) is 0 Å². The summed E-state index contributed by atoms with van der Waals surface area (Å²) in [4.78, 5) is 42.2. The normalized spacial score (nSPS) is 21.1. The van der Waals surface area contributed by atoms with E-state index in [-0.39, 0.29) is 30.1 Å². The summed E-state index contributed by atoms with van der Waals surface area (Å²) in [5.74, 6) is -2.43. The van der Waals surface area contributed by atoms with Crippen LogP contribution in [0.15, 0.2) is 48.5 Å². The number of carbonyl (C=O) groups excluding carboxylic acids is 3. The minimum atomic E-state index is -4.59. The van der Waals surface area contributed by atoms with Crippen molar-refractivity contribution < 1.29 is 31.9 Å². The molecule has 186 valence electrons. The zero-order chi connectivity index (χ0) is 25.4. The van der Waals surface area contributed by atoms with Crippen LogP contribution in [0.5, 0.6) is 0 Å². The molecule has 1 heterocycles. The molecule has 2 aliphatic rings. The summed E-state index contributed by atoms with van der Waals surface area (Å²) >= 11 is 0. The Kier molecular flexibility index (Phi) is 6.71. The van der Waals surface area contributed by atoms with Gasteiger partial charge in [-0.15, -0.1) is 0 Å². The van der Waals surface area contributed by atoms with Gasteiger partial charge in [0, 0.05) is 38.0 Å². The first-order chi connectivity index (χ1) is 16.5. The zero-order valence-electron chi connectivity index (χ0n) is 19.3. The highest BCUT2D eigenvalue weighted by molar-refractivity contribution is 6.11. The Balaban J connectivity index is 1.65. The Morgan fingerprint density at radius 3 is 2.34 bits per heavy atom. The minimum Gasteiger partial charge on any atom is -0.341 e. The van der Waals surface area contributed by atoms with Crippen LogP contribution in [0.2, 0.25) is 0 Å². The van der Waals surface area contributed by atoms with Gasteiger partial charge in [-0.3, -0.25) is 19.3 Å². The second-order valence-electron chi connectivity index (χ2n) is 9.33. The molecule has 2 aromatic rings. The quantitative estimate of drug-likeness (QED) is 0.431. The SMILES string of the molecule is CN(Cc1ccccc1C(F)(F)F)C(=O)CC1(c2ccccc2F)CC(=O)N(C2CCCC2)C1=O. The maximum absolute atomic E-state index is 14.9. The first-order valence-electron chi connectivity index (χ1n) is 11.5. The van der Waals surface area contributed by atoms with E-state index in [1.807, 2.05) is 0 Å². The second-order valence-corrected chi connectivity index (χ2v) is 9.33. The van der Waals surface area contributed by atoms with Gasteiger partial charge < -0.3 is 4.90 Å². The summed E-state index contributed by atoms with van der Waals surface area (Å²) in [6, 6.07) is 10.2. The highest BCUT2D eigenvalue weighted by Gasteiger charge is 2.56. The molecule has 0 aromatic heterocycles. The third-order valence-electron chi connectivity index (χ3n) is 7.04. The van der Waals surface area contributed by atoms with Gasteiger partial charge in [-0.05, 0) is 30.5 Å². The van der Waals surface area contributed by atoms with Crippen LogP contribution in [-0.4, -0.2) is 40.6 Å². The molecule has 9 heteroatoms. The third kappa shape index (κ3) is 4.68. The molecule has 35 heavy (non-hydrogen) atoms. The topological polar surface area (TPSA) is 57.7 Å². The molecule has 3 amide bonds. The average Bonchev–Trinajstić information content (AvgIpc) is 3.40. The summed E-state index contributed by atoms with van der Waals surface area (Å²) in [5, 5.41) is 0. The predicted molar refractivity (Wildman–Crippen MR) is 119 cm³/mol. The Morgan fingerprint density at radius 1 is 1.06 bits per heavy atom. The fourth-order valence-electron chi connectivity index (χ4n) is 5.26. The predicted octanol–water partition coefficient (Wildman–Crippen LogP) is 4.83. The number of rotatable bonds is 6. The van der Waals surface area contributed by atoms with Gasteiger partial charge in [0.25, 0.3) is 0 Å². The molecule has 0 radical (unpaired) electrons. The molecule has 1 unspecified atom stereocenters. The van der Waals surface area contributed by atoms with Crippen LogP contribution < -0.4 is 0 Å². The Hall–Kier alpha value is -3.23. The summed E-state index contributed by atoms with van der Waals surface area (Å²) in [6.45, 7) is -0.351. The van der Waals surface area contributed by atoms with Gasteiger partial charge >= 0.3 is 6.18 Å². The van der Waals surface area contributed by atoms with Crippen LogP contribution in [0.1, 0.15) is 55.2 Å². The minimum absolute atomic E-state index is 0.0451. The summed E-state index contributed by atoms with van der Waals surface area (Å²) < 4.78 is 55.2. The van der Waals surface area contributed by atoms with Gasteiger partial charge in [0.1, 0.15) is 5.82 Å². The molecule has 1 aliphatic heterocycles. The molecule has 1 saturated heterocycles. The molecular weight excluding hydrogens is 464 g/mol. The van der Waals surface area contributed by atoms with Gasteiger partial charge in [0.05, 0.1) is 11.0 Å². The van der Waals surface area contributed by atoms with Crippen LogP contribution in [-0.2, 0) is 32.5 Å². The van der Waals surface area contributed by atoms with Crippen LogP contribution in [0.3, 0.4) is 0 Å². The summed E-state index contributed by atoms with van der Waals surface area (Å²) in [5.41, 5.74) is -2.74. The van der Waals surface area contributed by atoms with Crippen molar-refractivity contribution in [2.75, 3.05) is 7.05 Å². The standard InChI is InChI=1S/C26H26F4N2O3/c1-31(16-17-8-2-5-11-19(17)26(28,29)30)22(33)14-25(20-12-6-7-13-21(20)27)15-23(34)32(24(25)35)18-9-3-4-10-18/h2,5-8,11-13,18H,3-4,9-10,14-16H2,1H3. The molecule has 2 fully saturated rings. The molecule has 5 nitrogen and oxygen atoms in total. The lowest BCUT2D eigenvalue weighted by Crippen LogP contribution is -2.45. The van der Waals surface area contributed by atoms with Crippen molar-refractivity contribution in [3.05, 3.63) is 71.0 Å². The molecular formula is C26H26F4N2O3. The van der Waals surface area contributed by atoms with Gasteiger partial charge in [-0.2, -0.15) is 13.2 Å². The lowest BCUT2D eigenvalue weighted by Gasteiger charge is -2.31. The number of hydrogen-bond donors (Lipinski definition) is 0. The van der Waals surface area contributed by atoms with Crippen molar-refractivity contribution in [3.8, 4) is 0 Å². The molecule has 0 spiro atoms. The monoisotopic (exact) mass is 490 g/mol. The smallest absolute Gasteiger partial charge is 0.341 e. The number of alkyl halides is 3. The van der Waals surface area contributed by atoms with E-state index in [0.29, 0.717) is 12.8 Å². The van der Waals surface area contributed by atoms with E-state index in [9.17, 15) is 31.9 Å². The van der Waals surface area contributed by atoms with Crippen LogP contribution >= 0.6 is 0 Å². The van der Waals surface area contributed by atoms with E-state index < -0.39 is 47.1 Å². The van der Waals surface area contributed by atoms with Gasteiger partial charge in [0.2, 0.25) is 17.7 Å². The summed E-state index contributed by atoms with van der Waals surface area (Å²) in [6.07, 6.45) is -2.41. The maximum Gasteiger partial charge on any atom is 0.416 e. The van der Waals surface area contributed by atoms with Crippen molar-refractivity contribution in [1.29, 1.82) is 0 Å². The van der Waals surface area contributed by atoms with E-state index in [2.05, 4.69) is 0 Å². The molecule has 1 aliphatic carbocycles. The Labute approximate surface area is 200 Å². The highest BCUT2D eigenvalue weighted by atomic mass is 19.4. The number of likely N-dealkylation sites (tertiary alicyclic amines) is 1. The van der Waals surface area contributed by atoms with Crippen molar-refractivity contribution in [1.82, 2.24) is 9.80 Å². The van der Waals surface area contributed by atoms with E-state index in [1.165, 1.54) is 54.4 Å². The number of hydrogen-bond acceptors (Lipinski definition) is 3. The Bertz CT molecular complexity index is 1140. The Morgan fingerprint density at radius 2 is 1.69 bits per heavy atom. The molecule has 0 bridgehead atoms. The number of benzene rings is 2. The number of imide groups is 1. The fourth-order valence-corrected chi connectivity index (χ4v) is 5.26. The van der Waals surface area contributed by atoms with Crippen LogP contribution in [0.4, 0.5) is 17.6 Å².